The van der Waals surface area contributed by atoms with Gasteiger partial charge in [-0.25, -0.2) is 0 Å². The zero-order valence-electron chi connectivity index (χ0n) is 14.6. The highest BCUT2D eigenvalue weighted by Gasteiger charge is 2.38. The molecule has 0 saturated heterocycles. The second kappa shape index (κ2) is 9.07. The maximum Gasteiger partial charge on any atom is 0.471 e. The number of methoxy groups -OCH3 is 1. The zero-order chi connectivity index (χ0) is 19.9. The first-order chi connectivity index (χ1) is 12.8. The molecule has 2 aromatic rings. The molecule has 0 radical (unpaired) electrons. The van der Waals surface area contributed by atoms with Crippen molar-refractivity contribution >= 4 is 17.5 Å². The molecule has 0 unspecified atom stereocenters. The Morgan fingerprint density at radius 1 is 1.04 bits per heavy atom. The van der Waals surface area contributed by atoms with Gasteiger partial charge in [0.2, 0.25) is 5.91 Å². The molecule has 2 aromatic carbocycles. The number of anilines is 1. The van der Waals surface area contributed by atoms with Gasteiger partial charge in [0.25, 0.3) is 0 Å². The number of alkyl halides is 3. The fourth-order valence-corrected chi connectivity index (χ4v) is 2.30. The van der Waals surface area contributed by atoms with E-state index in [0.717, 1.165) is 11.3 Å². The van der Waals surface area contributed by atoms with Crippen molar-refractivity contribution in [2.24, 2.45) is 0 Å². The minimum Gasteiger partial charge on any atom is -0.497 e. The quantitative estimate of drug-likeness (QED) is 0.773. The summed E-state index contributed by atoms with van der Waals surface area (Å²) in [6, 6.07) is 13.6. The lowest BCUT2D eigenvalue weighted by molar-refractivity contribution is -0.173. The van der Waals surface area contributed by atoms with Crippen molar-refractivity contribution in [2.45, 2.75) is 25.6 Å². The van der Waals surface area contributed by atoms with Crippen LogP contribution in [0.2, 0.25) is 0 Å². The van der Waals surface area contributed by atoms with E-state index in [0.29, 0.717) is 17.7 Å². The summed E-state index contributed by atoms with van der Waals surface area (Å²) in [6.07, 6.45) is -4.09. The van der Waals surface area contributed by atoms with Gasteiger partial charge in [0.1, 0.15) is 5.75 Å². The molecule has 0 aliphatic carbocycles. The molecule has 144 valence electrons. The molecule has 0 spiro atoms. The molecule has 0 fully saturated rings. The van der Waals surface area contributed by atoms with E-state index in [-0.39, 0.29) is 18.9 Å². The highest BCUT2D eigenvalue weighted by molar-refractivity contribution is 5.90. The number of amides is 2. The van der Waals surface area contributed by atoms with Gasteiger partial charge in [-0.2, -0.15) is 13.2 Å². The number of ether oxygens (including phenoxy) is 1. The van der Waals surface area contributed by atoms with Gasteiger partial charge in [0.15, 0.2) is 0 Å². The van der Waals surface area contributed by atoms with Crippen molar-refractivity contribution in [3.05, 3.63) is 59.7 Å². The summed E-state index contributed by atoms with van der Waals surface area (Å²) < 4.78 is 41.5. The van der Waals surface area contributed by atoms with Gasteiger partial charge in [0, 0.05) is 18.7 Å². The predicted molar refractivity (Wildman–Crippen MR) is 94.3 cm³/mol. The second-order valence-corrected chi connectivity index (χ2v) is 5.78. The number of rotatable bonds is 7. The summed E-state index contributed by atoms with van der Waals surface area (Å²) in [5.41, 5.74) is 1.98. The minimum absolute atomic E-state index is 0.184. The number of aryl methyl sites for hydroxylation is 1. The Labute approximate surface area is 154 Å². The molecule has 27 heavy (non-hydrogen) atoms. The molecule has 0 saturated carbocycles. The first-order valence-corrected chi connectivity index (χ1v) is 8.14. The number of carbonyl (C=O) groups is 2. The Hall–Kier alpha value is -3.03. The molecule has 0 aliphatic rings. The van der Waals surface area contributed by atoms with Crippen LogP contribution >= 0.6 is 0 Å². The fourth-order valence-electron chi connectivity index (χ4n) is 2.30. The van der Waals surface area contributed by atoms with Gasteiger partial charge in [-0.05, 0) is 41.8 Å². The van der Waals surface area contributed by atoms with Crippen molar-refractivity contribution in [3.8, 4) is 5.75 Å². The van der Waals surface area contributed by atoms with Gasteiger partial charge < -0.3 is 15.4 Å². The molecular weight excluding hydrogens is 361 g/mol. The van der Waals surface area contributed by atoms with Crippen LogP contribution in [0.3, 0.4) is 0 Å². The molecule has 2 rings (SSSR count). The standard InChI is InChI=1S/C19H19F3N2O3/c1-27-16-4-2-3-13(11-16)7-10-17(25)24-15-8-5-14(6-9-15)12-23-18(26)19(20,21)22/h2-6,8-9,11H,7,10,12H2,1H3,(H,23,26)(H,24,25). The van der Waals surface area contributed by atoms with Crippen LogP contribution in [-0.4, -0.2) is 25.1 Å². The first kappa shape index (κ1) is 20.3. The Bertz CT molecular complexity index is 790. The second-order valence-electron chi connectivity index (χ2n) is 5.78. The lowest BCUT2D eigenvalue weighted by Gasteiger charge is -2.09. The molecule has 8 heteroatoms. The van der Waals surface area contributed by atoms with E-state index in [1.807, 2.05) is 24.3 Å². The van der Waals surface area contributed by atoms with Crippen molar-refractivity contribution in [3.63, 3.8) is 0 Å². The summed E-state index contributed by atoms with van der Waals surface area (Å²) >= 11 is 0. The lowest BCUT2D eigenvalue weighted by atomic mass is 10.1. The largest absolute Gasteiger partial charge is 0.497 e. The van der Waals surface area contributed by atoms with E-state index in [4.69, 9.17) is 4.74 Å². The van der Waals surface area contributed by atoms with Gasteiger partial charge in [-0.3, -0.25) is 9.59 Å². The summed E-state index contributed by atoms with van der Waals surface area (Å²) in [5.74, 6) is -1.45. The van der Waals surface area contributed by atoms with E-state index >= 15 is 0 Å². The van der Waals surface area contributed by atoms with Crippen LogP contribution in [-0.2, 0) is 22.6 Å². The molecule has 0 aromatic heterocycles. The van der Waals surface area contributed by atoms with Crippen LogP contribution in [0.15, 0.2) is 48.5 Å². The average Bonchev–Trinajstić information content (AvgIpc) is 2.65. The highest BCUT2D eigenvalue weighted by atomic mass is 19.4. The van der Waals surface area contributed by atoms with Gasteiger partial charge in [-0.15, -0.1) is 0 Å². The normalized spacial score (nSPS) is 11.0. The van der Waals surface area contributed by atoms with Gasteiger partial charge in [0.05, 0.1) is 7.11 Å². The van der Waals surface area contributed by atoms with Crippen LogP contribution in [0.5, 0.6) is 5.75 Å². The smallest absolute Gasteiger partial charge is 0.471 e. The number of hydrogen-bond acceptors (Lipinski definition) is 3. The van der Waals surface area contributed by atoms with Crippen molar-refractivity contribution in [1.82, 2.24) is 5.32 Å². The van der Waals surface area contributed by atoms with Crippen LogP contribution in [0.4, 0.5) is 18.9 Å². The van der Waals surface area contributed by atoms with Crippen molar-refractivity contribution in [1.29, 1.82) is 0 Å². The third kappa shape index (κ3) is 6.65. The molecule has 2 amide bonds. The average molecular weight is 380 g/mol. The molecular formula is C19H19F3N2O3. The van der Waals surface area contributed by atoms with E-state index in [1.54, 1.807) is 24.6 Å². The number of carbonyl (C=O) groups excluding carboxylic acids is 2. The Morgan fingerprint density at radius 3 is 2.37 bits per heavy atom. The van der Waals surface area contributed by atoms with E-state index in [1.165, 1.54) is 12.1 Å². The number of hydrogen-bond donors (Lipinski definition) is 2. The predicted octanol–water partition coefficient (Wildman–Crippen LogP) is 3.45. The third-order valence-electron chi connectivity index (χ3n) is 3.72. The van der Waals surface area contributed by atoms with Crippen LogP contribution in [0.1, 0.15) is 17.5 Å². The summed E-state index contributed by atoms with van der Waals surface area (Å²) in [7, 11) is 1.57. The Morgan fingerprint density at radius 2 is 1.74 bits per heavy atom. The molecule has 0 heterocycles. The Kier molecular flexibility index (Phi) is 6.81. The fraction of sp³-hybridized carbons (Fsp3) is 0.263. The summed E-state index contributed by atoms with van der Waals surface area (Å²) in [6.45, 7) is -0.248. The monoisotopic (exact) mass is 380 g/mol. The minimum atomic E-state index is -4.91. The maximum absolute atomic E-state index is 12.1. The number of benzene rings is 2. The number of halogens is 3. The molecule has 5 nitrogen and oxygen atoms in total. The third-order valence-corrected chi connectivity index (χ3v) is 3.72. The van der Waals surface area contributed by atoms with Crippen molar-refractivity contribution in [2.75, 3.05) is 12.4 Å². The molecule has 0 atom stereocenters. The molecule has 2 N–H and O–H groups in total. The first-order valence-electron chi connectivity index (χ1n) is 8.14. The van der Waals surface area contributed by atoms with Crippen molar-refractivity contribution < 1.29 is 27.5 Å². The summed E-state index contributed by atoms with van der Waals surface area (Å²) in [4.78, 5) is 22.8. The van der Waals surface area contributed by atoms with Crippen LogP contribution in [0, 0.1) is 0 Å². The van der Waals surface area contributed by atoms with E-state index in [9.17, 15) is 22.8 Å². The van der Waals surface area contributed by atoms with E-state index in [2.05, 4.69) is 5.32 Å². The maximum atomic E-state index is 12.1. The van der Waals surface area contributed by atoms with Crippen LogP contribution in [0.25, 0.3) is 0 Å². The van der Waals surface area contributed by atoms with E-state index < -0.39 is 12.1 Å². The number of nitrogens with one attached hydrogen (secondary N) is 2. The van der Waals surface area contributed by atoms with Crippen LogP contribution < -0.4 is 15.4 Å². The Balaban J connectivity index is 1.81. The molecule has 0 aliphatic heterocycles. The SMILES string of the molecule is COc1cccc(CCC(=O)Nc2ccc(CNC(=O)C(F)(F)F)cc2)c1. The van der Waals surface area contributed by atoms with Gasteiger partial charge in [-0.1, -0.05) is 24.3 Å². The lowest BCUT2D eigenvalue weighted by Crippen LogP contribution is -2.36. The molecule has 0 bridgehead atoms. The summed E-state index contributed by atoms with van der Waals surface area (Å²) in [5, 5.41) is 4.50. The zero-order valence-corrected chi connectivity index (χ0v) is 14.6. The highest BCUT2D eigenvalue weighted by Crippen LogP contribution is 2.16. The topological polar surface area (TPSA) is 67.4 Å². The van der Waals surface area contributed by atoms with Gasteiger partial charge >= 0.3 is 12.1 Å².